The van der Waals surface area contributed by atoms with Gasteiger partial charge in [-0.25, -0.2) is 8.78 Å². The minimum atomic E-state index is -0.946. The number of amides is 2. The minimum Gasteiger partial charge on any atom is -0.369 e. The van der Waals surface area contributed by atoms with E-state index in [-0.39, 0.29) is 30.1 Å². The van der Waals surface area contributed by atoms with Crippen LogP contribution in [0.1, 0.15) is 34.8 Å². The van der Waals surface area contributed by atoms with Gasteiger partial charge in [0.1, 0.15) is 11.6 Å². The van der Waals surface area contributed by atoms with Gasteiger partial charge in [-0.2, -0.15) is 0 Å². The van der Waals surface area contributed by atoms with Gasteiger partial charge in [0.15, 0.2) is 5.78 Å². The Labute approximate surface area is 221 Å². The third-order valence-corrected chi connectivity index (χ3v) is 6.78. The molecule has 0 aromatic heterocycles. The van der Waals surface area contributed by atoms with Gasteiger partial charge in [0.2, 0.25) is 5.91 Å². The highest BCUT2D eigenvalue weighted by Gasteiger charge is 2.26. The maximum absolute atomic E-state index is 14.3. The Bertz CT molecular complexity index is 1300. The lowest BCUT2D eigenvalue weighted by molar-refractivity contribution is -0.128. The van der Waals surface area contributed by atoms with E-state index in [2.05, 4.69) is 10.2 Å². The summed E-state index contributed by atoms with van der Waals surface area (Å²) < 4.78 is 28.6. The second-order valence-corrected chi connectivity index (χ2v) is 9.46. The molecule has 1 saturated heterocycles. The van der Waals surface area contributed by atoms with E-state index < -0.39 is 23.6 Å². The largest absolute Gasteiger partial charge is 0.369 e. The second-order valence-electron chi connectivity index (χ2n) is 9.46. The third kappa shape index (κ3) is 6.82. The number of hydrogen-bond donors (Lipinski definition) is 1. The molecule has 0 bridgehead atoms. The van der Waals surface area contributed by atoms with Crippen molar-refractivity contribution in [3.63, 3.8) is 0 Å². The van der Waals surface area contributed by atoms with Crippen molar-refractivity contribution in [3.05, 3.63) is 101 Å². The summed E-state index contributed by atoms with van der Waals surface area (Å²) in [6.45, 7) is 3.94. The topological polar surface area (TPSA) is 69.7 Å². The van der Waals surface area contributed by atoms with Gasteiger partial charge >= 0.3 is 0 Å². The standard InChI is InChI=1S/C30H31F2N3O3/c1-21(36)34-14-7-15-35(17-16-34)28-13-12-24(31)19-23(28)20-29(37)27(18-22-8-3-2-4-9-22)33-30(38)25-10-5-6-11-26(25)32/h2-6,8-13,19,27H,7,14-18,20H2,1H3,(H,33,38). The van der Waals surface area contributed by atoms with E-state index in [1.54, 1.807) is 24.0 Å². The predicted octanol–water partition coefficient (Wildman–Crippen LogP) is 4.18. The van der Waals surface area contributed by atoms with Crippen LogP contribution in [0.5, 0.6) is 0 Å². The van der Waals surface area contributed by atoms with Crippen molar-refractivity contribution in [2.45, 2.75) is 32.2 Å². The molecule has 0 radical (unpaired) electrons. The Balaban J connectivity index is 1.58. The summed E-state index contributed by atoms with van der Waals surface area (Å²) in [5.41, 5.74) is 1.91. The van der Waals surface area contributed by atoms with Gasteiger partial charge in [-0.1, -0.05) is 42.5 Å². The van der Waals surface area contributed by atoms with Gasteiger partial charge < -0.3 is 15.1 Å². The molecule has 1 atom stereocenters. The highest BCUT2D eigenvalue weighted by atomic mass is 19.1. The predicted molar refractivity (Wildman–Crippen MR) is 142 cm³/mol. The summed E-state index contributed by atoms with van der Waals surface area (Å²) in [5.74, 6) is -2.13. The van der Waals surface area contributed by atoms with Crippen LogP contribution in [-0.2, 0) is 22.4 Å². The number of ketones is 1. The van der Waals surface area contributed by atoms with Crippen LogP contribution in [0.2, 0.25) is 0 Å². The van der Waals surface area contributed by atoms with Crippen LogP contribution in [0.4, 0.5) is 14.5 Å². The lowest BCUT2D eigenvalue weighted by atomic mass is 9.96. The van der Waals surface area contributed by atoms with Crippen LogP contribution in [0, 0.1) is 11.6 Å². The molecule has 4 rings (SSSR count). The molecule has 3 aromatic carbocycles. The molecular weight excluding hydrogens is 488 g/mol. The van der Waals surface area contributed by atoms with Crippen molar-refractivity contribution in [1.82, 2.24) is 10.2 Å². The molecule has 0 aliphatic carbocycles. The maximum Gasteiger partial charge on any atom is 0.254 e. The Morgan fingerprint density at radius 3 is 2.37 bits per heavy atom. The van der Waals surface area contributed by atoms with E-state index in [1.807, 2.05) is 30.3 Å². The first-order chi connectivity index (χ1) is 18.3. The molecule has 198 valence electrons. The minimum absolute atomic E-state index is 0.00991. The molecule has 38 heavy (non-hydrogen) atoms. The van der Waals surface area contributed by atoms with Crippen LogP contribution in [0.3, 0.4) is 0 Å². The lowest BCUT2D eigenvalue weighted by Gasteiger charge is -2.26. The summed E-state index contributed by atoms with van der Waals surface area (Å²) in [5, 5.41) is 2.70. The normalized spacial score (nSPS) is 14.5. The highest BCUT2D eigenvalue weighted by Crippen LogP contribution is 2.25. The monoisotopic (exact) mass is 519 g/mol. The van der Waals surface area contributed by atoms with Gasteiger partial charge in [-0.3, -0.25) is 14.4 Å². The molecule has 1 aliphatic heterocycles. The number of carbonyl (C=O) groups excluding carboxylic acids is 3. The number of benzene rings is 3. The van der Waals surface area contributed by atoms with Crippen LogP contribution in [0.25, 0.3) is 0 Å². The summed E-state index contributed by atoms with van der Waals surface area (Å²) in [7, 11) is 0. The number of halogens is 2. The van der Waals surface area contributed by atoms with Gasteiger partial charge in [-0.05, 0) is 54.3 Å². The average molecular weight is 520 g/mol. The molecule has 0 saturated carbocycles. The second kappa shape index (κ2) is 12.4. The lowest BCUT2D eigenvalue weighted by Crippen LogP contribution is -2.43. The number of Topliss-reactive ketones (excluding diaryl/α,β-unsaturated/α-hetero) is 1. The molecular formula is C30H31F2N3O3. The Hall–Kier alpha value is -4.07. The third-order valence-electron chi connectivity index (χ3n) is 6.78. The van der Waals surface area contributed by atoms with Gasteiger partial charge in [0, 0.05) is 45.2 Å². The molecule has 2 amide bonds. The van der Waals surface area contributed by atoms with Crippen LogP contribution in [-0.4, -0.2) is 54.7 Å². The Morgan fingerprint density at radius 1 is 0.895 bits per heavy atom. The van der Waals surface area contributed by atoms with Crippen molar-refractivity contribution in [2.75, 3.05) is 31.1 Å². The first-order valence-electron chi connectivity index (χ1n) is 12.7. The number of nitrogens with one attached hydrogen (secondary N) is 1. The van der Waals surface area contributed by atoms with Crippen LogP contribution >= 0.6 is 0 Å². The quantitative estimate of drug-likeness (QED) is 0.485. The first-order valence-corrected chi connectivity index (χ1v) is 12.7. The molecule has 1 N–H and O–H groups in total. The van der Waals surface area contributed by atoms with E-state index in [9.17, 15) is 23.2 Å². The first kappa shape index (κ1) is 27.0. The van der Waals surface area contributed by atoms with E-state index in [4.69, 9.17) is 0 Å². The number of nitrogens with zero attached hydrogens (tertiary/aromatic N) is 2. The summed E-state index contributed by atoms with van der Waals surface area (Å²) in [4.78, 5) is 42.2. The number of hydrogen-bond acceptors (Lipinski definition) is 4. The van der Waals surface area contributed by atoms with E-state index in [1.165, 1.54) is 30.3 Å². The number of anilines is 1. The molecule has 8 heteroatoms. The zero-order chi connectivity index (χ0) is 27.1. The Morgan fingerprint density at radius 2 is 1.63 bits per heavy atom. The molecule has 0 spiro atoms. The summed E-state index contributed by atoms with van der Waals surface area (Å²) in [6.07, 6.45) is 0.844. The molecule has 1 fully saturated rings. The fraction of sp³-hybridized carbons (Fsp3) is 0.300. The Kier molecular flexibility index (Phi) is 8.84. The van der Waals surface area contributed by atoms with Crippen molar-refractivity contribution < 1.29 is 23.2 Å². The average Bonchev–Trinajstić information content (AvgIpc) is 3.16. The molecule has 1 heterocycles. The molecule has 1 aliphatic rings. The zero-order valence-electron chi connectivity index (χ0n) is 21.3. The van der Waals surface area contributed by atoms with Crippen molar-refractivity contribution in [3.8, 4) is 0 Å². The molecule has 3 aromatic rings. The highest BCUT2D eigenvalue weighted by molar-refractivity contribution is 5.98. The van der Waals surface area contributed by atoms with Crippen LogP contribution in [0.15, 0.2) is 72.8 Å². The molecule has 6 nitrogen and oxygen atoms in total. The van der Waals surface area contributed by atoms with Gasteiger partial charge in [-0.15, -0.1) is 0 Å². The fourth-order valence-electron chi connectivity index (χ4n) is 4.76. The molecule has 1 unspecified atom stereocenters. The zero-order valence-corrected chi connectivity index (χ0v) is 21.3. The van der Waals surface area contributed by atoms with Crippen LogP contribution < -0.4 is 10.2 Å². The van der Waals surface area contributed by atoms with E-state index >= 15 is 0 Å². The summed E-state index contributed by atoms with van der Waals surface area (Å²) >= 11 is 0. The maximum atomic E-state index is 14.3. The van der Waals surface area contributed by atoms with E-state index in [0.29, 0.717) is 31.7 Å². The number of carbonyl (C=O) groups is 3. The SMILES string of the molecule is CC(=O)N1CCCN(c2ccc(F)cc2CC(=O)C(Cc2ccccc2)NC(=O)c2ccccc2F)CC1. The van der Waals surface area contributed by atoms with Gasteiger partial charge in [0.25, 0.3) is 5.91 Å². The van der Waals surface area contributed by atoms with Gasteiger partial charge in [0.05, 0.1) is 11.6 Å². The van der Waals surface area contributed by atoms with E-state index in [0.717, 1.165) is 17.7 Å². The van der Waals surface area contributed by atoms with Crippen molar-refractivity contribution in [1.29, 1.82) is 0 Å². The number of rotatable bonds is 8. The van der Waals surface area contributed by atoms with Crippen molar-refractivity contribution in [2.24, 2.45) is 0 Å². The fourth-order valence-corrected chi connectivity index (χ4v) is 4.76. The summed E-state index contributed by atoms with van der Waals surface area (Å²) in [6, 6.07) is 18.2. The smallest absolute Gasteiger partial charge is 0.254 e. The van der Waals surface area contributed by atoms with Crippen molar-refractivity contribution >= 4 is 23.3 Å².